The predicted molar refractivity (Wildman–Crippen MR) is 137 cm³/mol. The van der Waals surface area contributed by atoms with E-state index in [0.29, 0.717) is 57.1 Å². The number of piperidine rings is 1. The summed E-state index contributed by atoms with van der Waals surface area (Å²) in [6, 6.07) is 16.8. The molecule has 3 aromatic rings. The maximum Gasteiger partial charge on any atom is 0.250 e. The molecule has 0 bridgehead atoms. The van der Waals surface area contributed by atoms with Crippen molar-refractivity contribution in [2.75, 3.05) is 31.2 Å². The van der Waals surface area contributed by atoms with E-state index < -0.39 is 11.6 Å². The van der Waals surface area contributed by atoms with Gasteiger partial charge in [0, 0.05) is 30.3 Å². The number of para-hydroxylation sites is 1. The first-order chi connectivity index (χ1) is 17.5. The molecular weight excluding hydrogens is 478 g/mol. The molecule has 3 heterocycles. The van der Waals surface area contributed by atoms with Gasteiger partial charge in [0.1, 0.15) is 18.2 Å². The van der Waals surface area contributed by atoms with E-state index in [-0.39, 0.29) is 11.8 Å². The van der Waals surface area contributed by atoms with Crippen LogP contribution in [0.5, 0.6) is 0 Å². The number of aromatic nitrogens is 3. The second-order valence-corrected chi connectivity index (χ2v) is 9.86. The molecule has 2 aromatic carbocycles. The molecule has 0 unspecified atom stereocenters. The molecule has 1 spiro atoms. The summed E-state index contributed by atoms with van der Waals surface area (Å²) in [4.78, 5) is 36.8. The van der Waals surface area contributed by atoms with Gasteiger partial charge in [-0.05, 0) is 49.1 Å². The first kappa shape index (κ1) is 24.3. The van der Waals surface area contributed by atoms with Gasteiger partial charge in [-0.25, -0.2) is 4.98 Å². The highest BCUT2D eigenvalue weighted by Crippen LogP contribution is 2.39. The number of nitrogens with two attached hydrogens (primary N) is 1. The molecule has 2 saturated heterocycles. The van der Waals surface area contributed by atoms with Crippen LogP contribution in [-0.4, -0.2) is 74.3 Å². The number of nitrogens with zero attached hydrogens (tertiary/aromatic N) is 6. The van der Waals surface area contributed by atoms with Crippen LogP contribution in [-0.2, 0) is 22.6 Å². The number of carbonyl (C=O) groups excluding carboxylic acids is 2. The molecular formula is C26H30ClN7O2. The van der Waals surface area contributed by atoms with E-state index in [0.717, 1.165) is 11.3 Å². The monoisotopic (exact) mass is 507 g/mol. The second-order valence-electron chi connectivity index (χ2n) is 9.43. The Labute approximate surface area is 215 Å². The Balaban J connectivity index is 1.28. The maximum atomic E-state index is 13.8. The van der Waals surface area contributed by atoms with Gasteiger partial charge in [0.15, 0.2) is 0 Å². The van der Waals surface area contributed by atoms with E-state index in [9.17, 15) is 9.59 Å². The summed E-state index contributed by atoms with van der Waals surface area (Å²) in [5.41, 5.74) is 7.59. The predicted octanol–water partition coefficient (Wildman–Crippen LogP) is 2.17. The number of halogens is 1. The molecule has 2 aliphatic rings. The normalized spacial score (nSPS) is 18.2. The Hall–Kier alpha value is -3.43. The van der Waals surface area contributed by atoms with Crippen LogP contribution in [0.4, 0.5) is 5.69 Å². The van der Waals surface area contributed by atoms with Gasteiger partial charge in [0.25, 0.3) is 0 Å². The van der Waals surface area contributed by atoms with Crippen molar-refractivity contribution in [3.8, 4) is 0 Å². The molecule has 36 heavy (non-hydrogen) atoms. The van der Waals surface area contributed by atoms with Crippen LogP contribution < -0.4 is 10.6 Å². The van der Waals surface area contributed by atoms with Gasteiger partial charge in [-0.1, -0.05) is 41.9 Å². The fraction of sp³-hybridized carbons (Fsp3) is 0.385. The van der Waals surface area contributed by atoms with E-state index in [1.807, 2.05) is 47.4 Å². The highest BCUT2D eigenvalue weighted by Gasteiger charge is 2.54. The van der Waals surface area contributed by atoms with Gasteiger partial charge < -0.3 is 20.4 Å². The number of hydrogen-bond donors (Lipinski definition) is 1. The number of anilines is 1. The van der Waals surface area contributed by atoms with Crippen molar-refractivity contribution in [3.05, 3.63) is 77.8 Å². The van der Waals surface area contributed by atoms with Gasteiger partial charge in [0.05, 0.1) is 19.3 Å². The molecule has 2 fully saturated rings. The second kappa shape index (κ2) is 10.3. The Bertz CT molecular complexity index is 1180. The fourth-order valence-corrected chi connectivity index (χ4v) is 5.36. The highest BCUT2D eigenvalue weighted by molar-refractivity contribution is 6.30. The van der Waals surface area contributed by atoms with Crippen LogP contribution in [0.25, 0.3) is 0 Å². The summed E-state index contributed by atoms with van der Waals surface area (Å²) in [5, 5.41) is 4.81. The summed E-state index contributed by atoms with van der Waals surface area (Å²) < 4.78 is 1.73. The molecule has 1 aromatic heterocycles. The van der Waals surface area contributed by atoms with Crippen LogP contribution in [0.2, 0.25) is 5.02 Å². The average Bonchev–Trinajstić information content (AvgIpc) is 3.52. The quantitative estimate of drug-likeness (QED) is 0.526. The minimum Gasteiger partial charge on any atom is -0.341 e. The molecule has 0 saturated carbocycles. The van der Waals surface area contributed by atoms with Crippen LogP contribution >= 0.6 is 11.6 Å². The Morgan fingerprint density at radius 3 is 2.44 bits per heavy atom. The lowest BCUT2D eigenvalue weighted by Crippen LogP contribution is -2.59. The summed E-state index contributed by atoms with van der Waals surface area (Å²) in [6.07, 6.45) is 4.71. The molecule has 1 atom stereocenters. The van der Waals surface area contributed by atoms with Gasteiger partial charge in [-0.3, -0.25) is 14.3 Å². The molecule has 2 N–H and O–H groups in total. The molecule has 9 nitrogen and oxygen atoms in total. The third kappa shape index (κ3) is 4.81. The number of carbonyl (C=O) groups is 2. The van der Waals surface area contributed by atoms with Gasteiger partial charge in [0.2, 0.25) is 11.8 Å². The average molecular weight is 508 g/mol. The molecule has 0 aliphatic carbocycles. The summed E-state index contributed by atoms with van der Waals surface area (Å²) in [6.45, 7) is 2.59. The molecule has 0 radical (unpaired) electrons. The van der Waals surface area contributed by atoms with E-state index in [4.69, 9.17) is 17.3 Å². The van der Waals surface area contributed by atoms with Crippen LogP contribution in [0.15, 0.2) is 67.3 Å². The number of amides is 2. The van der Waals surface area contributed by atoms with E-state index >= 15 is 0 Å². The van der Waals surface area contributed by atoms with E-state index in [1.165, 1.54) is 6.33 Å². The molecule has 5 rings (SSSR count). The molecule has 188 valence electrons. The summed E-state index contributed by atoms with van der Waals surface area (Å²) in [5.74, 6) is 0.0172. The van der Waals surface area contributed by atoms with Crippen molar-refractivity contribution in [2.45, 2.75) is 37.4 Å². The third-order valence-electron chi connectivity index (χ3n) is 7.24. The number of rotatable bonds is 7. The Morgan fingerprint density at radius 1 is 1.06 bits per heavy atom. The number of hydrogen-bond acceptors (Lipinski definition) is 6. The van der Waals surface area contributed by atoms with E-state index in [1.54, 1.807) is 28.0 Å². The SMILES string of the molecule is N[C@H](Cc1ccc(Cl)cc1)C(=O)N1CCC2(CC1)C(=O)N(CCn1cncn1)CN2c1ccccc1. The number of benzene rings is 2. The Morgan fingerprint density at radius 2 is 1.78 bits per heavy atom. The smallest absolute Gasteiger partial charge is 0.250 e. The number of likely N-dealkylation sites (tertiary alicyclic amines) is 1. The van der Waals surface area contributed by atoms with Gasteiger partial charge in [-0.2, -0.15) is 5.10 Å². The highest BCUT2D eigenvalue weighted by atomic mass is 35.5. The van der Waals surface area contributed by atoms with Gasteiger partial charge in [-0.15, -0.1) is 0 Å². The molecule has 10 heteroatoms. The van der Waals surface area contributed by atoms with E-state index in [2.05, 4.69) is 15.0 Å². The van der Waals surface area contributed by atoms with Crippen molar-refractivity contribution >= 4 is 29.1 Å². The lowest BCUT2D eigenvalue weighted by Gasteiger charge is -2.43. The lowest BCUT2D eigenvalue weighted by atomic mass is 9.85. The van der Waals surface area contributed by atoms with Crippen LogP contribution in [0.3, 0.4) is 0 Å². The zero-order valence-corrected chi connectivity index (χ0v) is 20.8. The third-order valence-corrected chi connectivity index (χ3v) is 7.49. The topological polar surface area (TPSA) is 101 Å². The van der Waals surface area contributed by atoms with Crippen molar-refractivity contribution < 1.29 is 9.59 Å². The van der Waals surface area contributed by atoms with Gasteiger partial charge >= 0.3 is 0 Å². The largest absolute Gasteiger partial charge is 0.341 e. The van der Waals surface area contributed by atoms with Crippen LogP contribution in [0.1, 0.15) is 18.4 Å². The summed E-state index contributed by atoms with van der Waals surface area (Å²) >= 11 is 5.97. The Kier molecular flexibility index (Phi) is 6.93. The zero-order chi connectivity index (χ0) is 25.1. The minimum atomic E-state index is -0.680. The first-order valence-corrected chi connectivity index (χ1v) is 12.6. The first-order valence-electron chi connectivity index (χ1n) is 12.2. The zero-order valence-electron chi connectivity index (χ0n) is 20.0. The van der Waals surface area contributed by atoms with Crippen molar-refractivity contribution in [1.82, 2.24) is 24.6 Å². The minimum absolute atomic E-state index is 0.0838. The fourth-order valence-electron chi connectivity index (χ4n) is 5.24. The van der Waals surface area contributed by atoms with Crippen LogP contribution in [0, 0.1) is 0 Å². The molecule has 2 amide bonds. The van der Waals surface area contributed by atoms with Crippen molar-refractivity contribution in [3.63, 3.8) is 0 Å². The summed E-state index contributed by atoms with van der Waals surface area (Å²) in [7, 11) is 0. The molecule has 2 aliphatic heterocycles. The van der Waals surface area contributed by atoms with Crippen molar-refractivity contribution in [2.24, 2.45) is 5.73 Å². The van der Waals surface area contributed by atoms with Crippen molar-refractivity contribution in [1.29, 1.82) is 0 Å². The standard InChI is InChI=1S/C26H30ClN7O2/c27-21-8-6-20(7-9-21)16-23(28)24(35)31-12-10-26(11-13-31)25(36)32(14-15-33-18-29-17-30-33)19-34(26)22-4-2-1-3-5-22/h1-9,17-18,23H,10-16,19,28H2/t23-/m1/s1. The lowest BCUT2D eigenvalue weighted by molar-refractivity contribution is -0.139. The maximum absolute atomic E-state index is 13.8.